The molecule has 1 unspecified atom stereocenters. The van der Waals surface area contributed by atoms with Crippen LogP contribution in [0.5, 0.6) is 0 Å². The molecule has 2 aliphatic heterocycles. The number of nitrogens with one attached hydrogen (secondary N) is 1. The Balaban J connectivity index is 1.96. The number of sulfonamides is 1. The fraction of sp³-hybridized carbons (Fsp3) is 0.524. The number of allylic oxidation sites excluding steroid dienone is 3. The van der Waals surface area contributed by atoms with Crippen LogP contribution in [-0.2, 0) is 60.7 Å². The number of unbranched alkanes of at least 4 members (excludes halogenated alkanes) is 2. The zero-order valence-electron chi connectivity index (χ0n) is 36.8. The molecule has 0 bridgehead atoms. The predicted molar refractivity (Wildman–Crippen MR) is 237 cm³/mol. The number of aliphatic carboxylic acids is 1. The van der Waals surface area contributed by atoms with Gasteiger partial charge in [-0.2, -0.15) is 0 Å². The molecule has 0 fully saturated rings. The van der Waals surface area contributed by atoms with E-state index in [1.54, 1.807) is 48.8 Å². The minimum atomic E-state index is -4.91. The van der Waals surface area contributed by atoms with E-state index < -0.39 is 73.6 Å². The number of methoxy groups -OCH3 is 1. The maximum absolute atomic E-state index is 13.9. The fourth-order valence-corrected chi connectivity index (χ4v) is 10.6. The van der Waals surface area contributed by atoms with Crippen LogP contribution in [0.1, 0.15) is 96.5 Å². The molecule has 1 aromatic carbocycles. The average molecular weight is 972 g/mol. The normalized spacial score (nSPS) is 17.5. The fourth-order valence-electron chi connectivity index (χ4n) is 7.87. The van der Waals surface area contributed by atoms with Crippen LogP contribution in [0.4, 0.5) is 5.69 Å². The Morgan fingerprint density at radius 3 is 2.20 bits per heavy atom. The highest BCUT2D eigenvalue weighted by Gasteiger charge is 2.43. The Kier molecular flexibility index (Phi) is 17.3. The quantitative estimate of drug-likeness (QED) is 0.0774. The van der Waals surface area contributed by atoms with Crippen molar-refractivity contribution in [3.63, 3.8) is 0 Å². The lowest BCUT2D eigenvalue weighted by atomic mass is 9.77. The third-order valence-electron chi connectivity index (χ3n) is 11.0. The Bertz CT molecular complexity index is 2740. The van der Waals surface area contributed by atoms with E-state index in [9.17, 15) is 52.1 Å². The third kappa shape index (κ3) is 14.0. The molecule has 1 aliphatic carbocycles. The number of ether oxygens (including phenoxy) is 1. The molecular weight excluding hydrogens is 915 g/mol. The second kappa shape index (κ2) is 21.1. The topological polar surface area (TPSA) is 284 Å². The lowest BCUT2D eigenvalue weighted by molar-refractivity contribution is -0.137. The van der Waals surface area contributed by atoms with Crippen molar-refractivity contribution in [2.45, 2.75) is 100 Å². The SMILES string of the molecule is CC[N+](CCCS(=O)(=O)[O-])=c1cc2oc(/C=C/C=C3/N(CCCCCC(=O)O)c4ccc(S(=O)(=O)[O-])cc4C3(C)CCCS(=O)(=O)[O-])cc(C(C)(C)C)c-2cc1S(=O)(=O)NCCOC. The number of nitrogens with zero attached hydrogens (tertiary/aromatic N) is 2. The largest absolute Gasteiger partial charge is 0.748 e. The zero-order chi connectivity index (χ0) is 47.9. The molecule has 2 N–H and O–H groups in total. The third-order valence-corrected chi connectivity index (χ3v) is 14.9. The summed E-state index contributed by atoms with van der Waals surface area (Å²) in [6.07, 6.45) is 6.37. The molecule has 22 heteroatoms. The molecule has 0 amide bonds. The molecular formula is C42H57N3O15S4-2. The first-order valence-corrected chi connectivity index (χ1v) is 26.7. The molecule has 0 radical (unpaired) electrons. The first-order chi connectivity index (χ1) is 29.6. The van der Waals surface area contributed by atoms with Gasteiger partial charge in [-0.1, -0.05) is 33.3 Å². The number of hydrogen-bond donors (Lipinski definition) is 2. The molecule has 64 heavy (non-hydrogen) atoms. The number of anilines is 1. The van der Waals surface area contributed by atoms with Crippen LogP contribution in [0.15, 0.2) is 68.5 Å². The minimum absolute atomic E-state index is 0.0313. The number of rotatable bonds is 23. The Labute approximate surface area is 376 Å². The van der Waals surface area contributed by atoms with Gasteiger partial charge >= 0.3 is 5.97 Å². The second-order valence-electron chi connectivity index (χ2n) is 16.8. The number of benzene rings is 2. The Morgan fingerprint density at radius 2 is 1.61 bits per heavy atom. The van der Waals surface area contributed by atoms with E-state index in [1.807, 2.05) is 25.7 Å². The van der Waals surface area contributed by atoms with Gasteiger partial charge in [-0.15, -0.1) is 0 Å². The Hall–Kier alpha value is -4.00. The van der Waals surface area contributed by atoms with Crippen LogP contribution in [0.3, 0.4) is 0 Å². The molecule has 1 atom stereocenters. The summed E-state index contributed by atoms with van der Waals surface area (Å²) in [5, 5.41) is 9.36. The summed E-state index contributed by atoms with van der Waals surface area (Å²) in [5.74, 6) is -1.68. The summed E-state index contributed by atoms with van der Waals surface area (Å²) in [5.41, 5.74) is 1.02. The van der Waals surface area contributed by atoms with E-state index in [1.165, 1.54) is 31.4 Å². The molecule has 4 rings (SSSR count). The summed E-state index contributed by atoms with van der Waals surface area (Å²) >= 11 is 0. The summed E-state index contributed by atoms with van der Waals surface area (Å²) in [7, 11) is -16.8. The first-order valence-electron chi connectivity index (χ1n) is 20.7. The number of hydrogen-bond acceptors (Lipinski definition) is 15. The second-order valence-corrected chi connectivity index (χ2v) is 23.0. The molecule has 356 valence electrons. The van der Waals surface area contributed by atoms with Crippen molar-refractivity contribution in [1.29, 1.82) is 0 Å². The van der Waals surface area contributed by atoms with Crippen molar-refractivity contribution in [3.8, 4) is 11.3 Å². The summed E-state index contributed by atoms with van der Waals surface area (Å²) in [6.45, 7) is 9.99. The van der Waals surface area contributed by atoms with Crippen LogP contribution in [0, 0.1) is 0 Å². The van der Waals surface area contributed by atoms with E-state index >= 15 is 0 Å². The van der Waals surface area contributed by atoms with Crippen molar-refractivity contribution in [2.24, 2.45) is 0 Å². The van der Waals surface area contributed by atoms with Gasteiger partial charge in [0.15, 0.2) is 4.90 Å². The molecule has 1 aromatic rings. The lowest BCUT2D eigenvalue weighted by Crippen LogP contribution is -2.39. The van der Waals surface area contributed by atoms with Gasteiger partial charge in [0.2, 0.25) is 15.4 Å². The highest BCUT2D eigenvalue weighted by Crippen LogP contribution is 2.51. The van der Waals surface area contributed by atoms with Crippen LogP contribution in [0.25, 0.3) is 17.4 Å². The van der Waals surface area contributed by atoms with Gasteiger partial charge in [-0.25, -0.2) is 43.0 Å². The standard InChI is InChI=1S/C42H59N3O15S4/c1-7-44(21-13-25-62(51,52)53)36-29-37-32(28-38(36)63(54,55)43-20-23-59-6)33(41(2,3)4)26-30(60-37)14-11-15-39-42(5,19-12-24-61(48,49)50)34-27-31(64(56,57)58)17-18-35(34)45(39)22-10-8-9-16-40(46)47/h11,14-15,17-18,26-29,43H,7-10,12-13,16,19-25H2,1-6H3,(H3-,46,47,48,49,50,51,52,53,56,57,58)/p-2. The van der Waals surface area contributed by atoms with Crippen LogP contribution < -0.4 is 19.6 Å². The molecule has 0 saturated heterocycles. The van der Waals surface area contributed by atoms with E-state index in [-0.39, 0.29) is 67.9 Å². The Morgan fingerprint density at radius 1 is 0.938 bits per heavy atom. The van der Waals surface area contributed by atoms with E-state index in [0.717, 1.165) is 0 Å². The number of carboxylic acids is 1. The van der Waals surface area contributed by atoms with Crippen molar-refractivity contribution >= 4 is 58.1 Å². The van der Waals surface area contributed by atoms with E-state index in [4.69, 9.17) is 14.3 Å². The van der Waals surface area contributed by atoms with Crippen molar-refractivity contribution in [3.05, 3.63) is 76.5 Å². The monoisotopic (exact) mass is 971 g/mol. The van der Waals surface area contributed by atoms with Gasteiger partial charge < -0.3 is 32.8 Å². The predicted octanol–water partition coefficient (Wildman–Crippen LogP) is 3.88. The van der Waals surface area contributed by atoms with Crippen molar-refractivity contribution in [2.75, 3.05) is 56.3 Å². The minimum Gasteiger partial charge on any atom is -0.748 e. The molecule has 0 spiro atoms. The highest BCUT2D eigenvalue weighted by atomic mass is 32.2. The molecule has 2 heterocycles. The van der Waals surface area contributed by atoms with E-state index in [0.29, 0.717) is 59.6 Å². The van der Waals surface area contributed by atoms with Gasteiger partial charge in [-0.3, -0.25) is 4.79 Å². The van der Waals surface area contributed by atoms with Gasteiger partial charge in [0.05, 0.1) is 37.8 Å². The lowest BCUT2D eigenvalue weighted by Gasteiger charge is -2.31. The van der Waals surface area contributed by atoms with Gasteiger partial charge in [0.1, 0.15) is 34.7 Å². The number of fused-ring (bicyclic) bond motifs is 2. The van der Waals surface area contributed by atoms with Crippen LogP contribution >= 0.6 is 0 Å². The van der Waals surface area contributed by atoms with Crippen molar-refractivity contribution < 1.29 is 66.4 Å². The van der Waals surface area contributed by atoms with Gasteiger partial charge in [-0.05, 0) is 98.6 Å². The van der Waals surface area contributed by atoms with Gasteiger partial charge in [0.25, 0.3) is 0 Å². The molecule has 3 aliphatic rings. The zero-order valence-corrected chi connectivity index (χ0v) is 40.1. The maximum atomic E-state index is 13.9. The van der Waals surface area contributed by atoms with Crippen LogP contribution in [-0.4, -0.2) is 110 Å². The molecule has 0 saturated carbocycles. The highest BCUT2D eigenvalue weighted by molar-refractivity contribution is 7.89. The smallest absolute Gasteiger partial charge is 0.303 e. The summed E-state index contributed by atoms with van der Waals surface area (Å²) < 4.78 is 150. The molecule has 0 aromatic heterocycles. The van der Waals surface area contributed by atoms with E-state index in [2.05, 4.69) is 4.72 Å². The average Bonchev–Trinajstić information content (AvgIpc) is 3.39. The maximum Gasteiger partial charge on any atom is 0.303 e. The van der Waals surface area contributed by atoms with Crippen LogP contribution in [0.2, 0.25) is 0 Å². The van der Waals surface area contributed by atoms with Crippen molar-refractivity contribution in [1.82, 2.24) is 9.30 Å². The number of carbonyl (C=O) groups is 1. The first kappa shape index (κ1) is 52.6. The summed E-state index contributed by atoms with van der Waals surface area (Å²) in [4.78, 5) is 12.5. The van der Waals surface area contributed by atoms with Gasteiger partial charge in [0, 0.05) is 66.9 Å². The summed E-state index contributed by atoms with van der Waals surface area (Å²) in [6, 6.07) is 8.77. The molecule has 18 nitrogen and oxygen atoms in total. The number of carboxylic acid groups (broad SMARTS) is 1.